The Kier molecular flexibility index (Phi) is 5.88. The Bertz CT molecular complexity index is 1800. The molecule has 35 heavy (non-hydrogen) atoms. The molecule has 2 heterocycles. The van der Waals surface area contributed by atoms with Crippen molar-refractivity contribution in [2.24, 2.45) is 0 Å². The highest BCUT2D eigenvalue weighted by molar-refractivity contribution is 5.71. The van der Waals surface area contributed by atoms with Gasteiger partial charge in [-0.2, -0.15) is 15.8 Å². The first-order valence-electron chi connectivity index (χ1n) is 9.60. The van der Waals surface area contributed by atoms with E-state index >= 15 is 0 Å². The van der Waals surface area contributed by atoms with E-state index < -0.39 is 34.4 Å². The lowest BCUT2D eigenvalue weighted by Gasteiger charge is -1.99. The molecule has 7 nitrogen and oxygen atoms in total. The van der Waals surface area contributed by atoms with Crippen LogP contribution in [0.5, 0.6) is 0 Å². The summed E-state index contributed by atoms with van der Waals surface area (Å²) in [5.41, 5.74) is -2.68. The molecule has 0 atom stereocenters. The van der Waals surface area contributed by atoms with Crippen molar-refractivity contribution in [2.45, 2.75) is 6.92 Å². The molecule has 4 aromatic rings. The monoisotopic (exact) mass is 475 g/mol. The van der Waals surface area contributed by atoms with Gasteiger partial charge in [0.15, 0.2) is 5.57 Å². The predicted molar refractivity (Wildman–Crippen MR) is 110 cm³/mol. The van der Waals surface area contributed by atoms with Crippen LogP contribution in [-0.2, 0) is 0 Å². The van der Waals surface area contributed by atoms with Gasteiger partial charge in [0, 0.05) is 23.3 Å². The van der Waals surface area contributed by atoms with Gasteiger partial charge in [-0.05, 0) is 31.2 Å². The summed E-state index contributed by atoms with van der Waals surface area (Å²) in [5.74, 6) is -3.79. The molecule has 0 aliphatic rings. The van der Waals surface area contributed by atoms with Crippen LogP contribution in [0.3, 0.4) is 0 Å². The molecule has 0 bridgehead atoms. The Morgan fingerprint density at radius 3 is 1.46 bits per heavy atom. The van der Waals surface area contributed by atoms with Crippen LogP contribution in [0.1, 0.15) is 6.92 Å². The molecule has 0 aliphatic heterocycles. The van der Waals surface area contributed by atoms with Gasteiger partial charge in [0.05, 0.1) is 5.57 Å². The topological polar surface area (TPSA) is 123 Å². The highest BCUT2D eigenvalue weighted by Gasteiger charge is 2.18. The lowest BCUT2D eigenvalue weighted by atomic mass is 10.1. The first kappa shape index (κ1) is 23.0. The van der Waals surface area contributed by atoms with Crippen LogP contribution in [0.25, 0.3) is 33.7 Å². The molecule has 11 heteroatoms. The number of oxazole rings is 2. The Hall–Kier alpha value is -5.21. The van der Waals surface area contributed by atoms with E-state index in [-0.39, 0.29) is 44.5 Å². The van der Waals surface area contributed by atoms with Gasteiger partial charge in [-0.15, -0.1) is 0 Å². The summed E-state index contributed by atoms with van der Waals surface area (Å²) in [6.07, 6.45) is 0. The molecular weight excluding hydrogens is 466 g/mol. The largest absolute Gasteiger partial charge is 0.432 e. The first-order chi connectivity index (χ1) is 16.7. The second-order valence-corrected chi connectivity index (χ2v) is 7.05. The molecule has 2 aromatic carbocycles. The maximum Gasteiger partial charge on any atom is 0.249 e. The number of nitriles is 3. The van der Waals surface area contributed by atoms with E-state index in [0.717, 1.165) is 24.3 Å². The molecule has 0 aliphatic carbocycles. The van der Waals surface area contributed by atoms with Crippen molar-refractivity contribution in [3.8, 4) is 40.7 Å². The zero-order valence-electron chi connectivity index (χ0n) is 17.5. The molecule has 2 aromatic heterocycles. The van der Waals surface area contributed by atoms with Crippen molar-refractivity contribution in [3.63, 3.8) is 0 Å². The molecule has 0 saturated carbocycles. The number of hydrogen-bond acceptors (Lipinski definition) is 7. The van der Waals surface area contributed by atoms with Gasteiger partial charge in [0.1, 0.15) is 52.9 Å². The van der Waals surface area contributed by atoms with Crippen LogP contribution in [0.15, 0.2) is 45.2 Å². The zero-order chi connectivity index (χ0) is 25.3. The van der Waals surface area contributed by atoms with Gasteiger partial charge in [0.2, 0.25) is 21.9 Å². The summed E-state index contributed by atoms with van der Waals surface area (Å²) in [5, 5.41) is 27.7. The van der Waals surface area contributed by atoms with Crippen LogP contribution in [0.4, 0.5) is 17.6 Å². The second-order valence-electron chi connectivity index (χ2n) is 7.05. The minimum absolute atomic E-state index is 0.00577. The lowest BCUT2D eigenvalue weighted by molar-refractivity contribution is 0.440. The third-order valence-corrected chi connectivity index (χ3v) is 4.66. The van der Waals surface area contributed by atoms with E-state index in [1.165, 1.54) is 6.92 Å². The van der Waals surface area contributed by atoms with Crippen molar-refractivity contribution in [3.05, 3.63) is 81.6 Å². The Morgan fingerprint density at radius 1 is 0.657 bits per heavy atom. The van der Waals surface area contributed by atoms with Gasteiger partial charge in [-0.25, -0.2) is 27.5 Å². The Balaban J connectivity index is 2.31. The smallest absolute Gasteiger partial charge is 0.249 e. The van der Waals surface area contributed by atoms with Crippen molar-refractivity contribution in [1.29, 1.82) is 15.8 Å². The lowest BCUT2D eigenvalue weighted by Crippen LogP contribution is -2.04. The van der Waals surface area contributed by atoms with E-state index in [0.29, 0.717) is 12.1 Å². The first-order valence-corrected chi connectivity index (χ1v) is 9.60. The van der Waals surface area contributed by atoms with Gasteiger partial charge >= 0.3 is 0 Å². The van der Waals surface area contributed by atoms with Gasteiger partial charge in [-0.3, -0.25) is 0 Å². The van der Waals surface area contributed by atoms with E-state index in [1.807, 2.05) is 6.07 Å². The van der Waals surface area contributed by atoms with Crippen molar-refractivity contribution in [1.82, 2.24) is 9.97 Å². The highest BCUT2D eigenvalue weighted by atomic mass is 19.1. The van der Waals surface area contributed by atoms with Crippen LogP contribution in [-0.4, -0.2) is 9.97 Å². The van der Waals surface area contributed by atoms with Crippen molar-refractivity contribution in [2.75, 3.05) is 0 Å². The second kappa shape index (κ2) is 8.97. The van der Waals surface area contributed by atoms with Crippen LogP contribution >= 0.6 is 0 Å². The third-order valence-electron chi connectivity index (χ3n) is 4.66. The van der Waals surface area contributed by atoms with Crippen molar-refractivity contribution >= 4 is 11.1 Å². The molecule has 0 amide bonds. The Morgan fingerprint density at radius 2 is 1.06 bits per heavy atom. The summed E-state index contributed by atoms with van der Waals surface area (Å²) in [6.45, 7) is 1.37. The molecule has 4 rings (SSSR count). The number of benzene rings is 2. The maximum absolute atomic E-state index is 14.0. The van der Waals surface area contributed by atoms with Gasteiger partial charge < -0.3 is 8.83 Å². The maximum atomic E-state index is 14.0. The Labute approximate surface area is 193 Å². The fourth-order valence-electron chi connectivity index (χ4n) is 3.16. The van der Waals surface area contributed by atoms with Crippen LogP contribution in [0.2, 0.25) is 0 Å². The van der Waals surface area contributed by atoms with Crippen LogP contribution < -0.4 is 11.1 Å². The number of halogens is 4. The molecule has 0 fully saturated rings. The predicted octanol–water partition coefficient (Wildman–Crippen LogP) is 3.73. The standard InChI is InChI=1S/C24H9F4N5O2/c1-11(8-29)23-32-19(12-2-15(25)6-16(26)3-12)21(34-23)22-20(13-4-17(27)7-18(28)5-13)33-24(35-22)14(9-30)10-31/h2-7H,1H3/b22-21+,23-11-. The minimum atomic E-state index is -0.959. The van der Waals surface area contributed by atoms with Gasteiger partial charge in [-0.1, -0.05) is 0 Å². The average Bonchev–Trinajstić information content (AvgIpc) is 3.43. The fourth-order valence-corrected chi connectivity index (χ4v) is 3.16. The number of rotatable bonds is 2. The third kappa shape index (κ3) is 4.37. The van der Waals surface area contributed by atoms with E-state index in [9.17, 15) is 33.3 Å². The van der Waals surface area contributed by atoms with E-state index in [1.54, 1.807) is 12.1 Å². The van der Waals surface area contributed by atoms with E-state index in [2.05, 4.69) is 9.97 Å². The average molecular weight is 475 g/mol. The summed E-state index contributed by atoms with van der Waals surface area (Å²) in [7, 11) is 0. The SMILES string of the molecule is C/C(C#N)=c1\nc(-c2cc(F)cc(F)c2)/c(=c2\oc(=C(C#N)C#N)nc2-c2cc(F)cc(F)c2)o1. The quantitative estimate of drug-likeness (QED) is 0.405. The highest BCUT2D eigenvalue weighted by Crippen LogP contribution is 2.25. The van der Waals surface area contributed by atoms with Gasteiger partial charge in [0.25, 0.3) is 0 Å². The number of aromatic nitrogens is 2. The minimum Gasteiger partial charge on any atom is -0.432 e. The molecule has 170 valence electrons. The van der Waals surface area contributed by atoms with E-state index in [4.69, 9.17) is 8.83 Å². The number of hydrogen-bond donors (Lipinski definition) is 0. The summed E-state index contributed by atoms with van der Waals surface area (Å²) >= 11 is 0. The molecule has 0 radical (unpaired) electrons. The molecule has 0 unspecified atom stereocenters. The molecule has 0 saturated heterocycles. The molecule has 0 spiro atoms. The summed E-state index contributed by atoms with van der Waals surface area (Å²) in [6, 6.07) is 9.96. The zero-order valence-corrected chi connectivity index (χ0v) is 17.5. The molecule has 0 N–H and O–H groups in total. The normalized spacial score (nSPS) is 12.4. The molecular formula is C24H9F4N5O2. The van der Waals surface area contributed by atoms with Crippen LogP contribution in [0, 0.1) is 68.1 Å². The van der Waals surface area contributed by atoms with Crippen molar-refractivity contribution < 1.29 is 26.4 Å². The number of nitrogens with zero attached hydrogens (tertiary/aromatic N) is 5. The summed E-state index contributed by atoms with van der Waals surface area (Å²) < 4.78 is 67.1. The summed E-state index contributed by atoms with van der Waals surface area (Å²) in [4.78, 5) is 8.18. The fraction of sp³-hybridized carbons (Fsp3) is 0.0417.